The molecule has 0 unspecified atom stereocenters. The maximum Gasteiger partial charge on any atom is 0.180 e. The first-order valence-electron chi connectivity index (χ1n) is 5.05. The van der Waals surface area contributed by atoms with Crippen LogP contribution in [0, 0.1) is 0 Å². The topological polar surface area (TPSA) is 94.3 Å². The fourth-order valence-corrected chi connectivity index (χ4v) is 1.57. The number of nitrogens with one attached hydrogen (secondary N) is 1. The van der Waals surface area contributed by atoms with Gasteiger partial charge in [0.25, 0.3) is 0 Å². The first-order chi connectivity index (χ1) is 8.33. The Labute approximate surface area is 96.3 Å². The van der Waals surface area contributed by atoms with Crippen LogP contribution in [0.25, 0.3) is 5.65 Å². The molecule has 0 fully saturated rings. The molecule has 0 aliphatic carbocycles. The molecule has 3 N–H and O–H groups in total. The Morgan fingerprint density at radius 1 is 1.41 bits per heavy atom. The van der Waals surface area contributed by atoms with Gasteiger partial charge < -0.3 is 20.0 Å². The summed E-state index contributed by atoms with van der Waals surface area (Å²) in [5.41, 5.74) is 6.42. The van der Waals surface area contributed by atoms with Gasteiger partial charge in [-0.1, -0.05) is 5.16 Å². The molecule has 0 saturated carbocycles. The summed E-state index contributed by atoms with van der Waals surface area (Å²) in [4.78, 5) is 8.39. The van der Waals surface area contributed by atoms with Crippen molar-refractivity contribution in [1.82, 2.24) is 19.5 Å². The van der Waals surface area contributed by atoms with Crippen molar-refractivity contribution in [3.8, 4) is 0 Å². The summed E-state index contributed by atoms with van der Waals surface area (Å²) in [5, 5.41) is 6.73. The number of hydrogen-bond acceptors (Lipinski definition) is 6. The molecule has 3 aromatic heterocycles. The van der Waals surface area contributed by atoms with Crippen molar-refractivity contribution in [3.63, 3.8) is 0 Å². The predicted molar refractivity (Wildman–Crippen MR) is 61.2 cm³/mol. The summed E-state index contributed by atoms with van der Waals surface area (Å²) in [7, 11) is 0. The summed E-state index contributed by atoms with van der Waals surface area (Å²) in [5.74, 6) is 1.76. The third-order valence-electron chi connectivity index (χ3n) is 2.31. The fraction of sp³-hybridized carbons (Fsp3) is 0.100. The molecule has 0 atom stereocenters. The highest BCUT2D eigenvalue weighted by Crippen LogP contribution is 2.15. The second-order valence-electron chi connectivity index (χ2n) is 3.50. The van der Waals surface area contributed by atoms with Crippen molar-refractivity contribution in [2.45, 2.75) is 6.54 Å². The van der Waals surface area contributed by atoms with Crippen LogP contribution in [0.4, 0.5) is 11.6 Å². The Morgan fingerprint density at radius 3 is 3.18 bits per heavy atom. The molecule has 0 bridgehead atoms. The maximum atomic E-state index is 5.70. The molecule has 86 valence electrons. The predicted octanol–water partition coefficient (Wildman–Crippen LogP) is 0.912. The van der Waals surface area contributed by atoms with E-state index in [0.717, 1.165) is 11.4 Å². The van der Waals surface area contributed by atoms with Crippen LogP contribution in [0.2, 0.25) is 0 Å². The molecule has 3 rings (SSSR count). The van der Waals surface area contributed by atoms with E-state index in [-0.39, 0.29) is 0 Å². The van der Waals surface area contributed by atoms with E-state index in [4.69, 9.17) is 10.3 Å². The van der Waals surface area contributed by atoms with Gasteiger partial charge in [0.05, 0.1) is 18.9 Å². The molecule has 0 radical (unpaired) electrons. The van der Waals surface area contributed by atoms with Gasteiger partial charge in [0.15, 0.2) is 17.2 Å². The van der Waals surface area contributed by atoms with E-state index in [9.17, 15) is 0 Å². The maximum absolute atomic E-state index is 5.70. The zero-order chi connectivity index (χ0) is 11.7. The van der Waals surface area contributed by atoms with Gasteiger partial charge in [0.2, 0.25) is 0 Å². The Balaban J connectivity index is 1.91. The van der Waals surface area contributed by atoms with Crippen molar-refractivity contribution < 1.29 is 4.52 Å². The first-order valence-corrected chi connectivity index (χ1v) is 5.05. The quantitative estimate of drug-likeness (QED) is 0.694. The first kappa shape index (κ1) is 9.64. The minimum absolute atomic E-state index is 0.426. The number of fused-ring (bicyclic) bond motifs is 1. The normalized spacial score (nSPS) is 10.8. The fourth-order valence-electron chi connectivity index (χ4n) is 1.57. The highest BCUT2D eigenvalue weighted by atomic mass is 16.5. The number of aromatic nitrogens is 4. The highest BCUT2D eigenvalue weighted by Gasteiger charge is 2.06. The second kappa shape index (κ2) is 3.78. The molecule has 0 aliphatic heterocycles. The van der Waals surface area contributed by atoms with E-state index >= 15 is 0 Å². The van der Waals surface area contributed by atoms with Crippen LogP contribution in [0.3, 0.4) is 0 Å². The molecule has 3 heterocycles. The van der Waals surface area contributed by atoms with Crippen molar-refractivity contribution >= 4 is 17.3 Å². The van der Waals surface area contributed by atoms with E-state index in [1.54, 1.807) is 24.7 Å². The molecule has 0 saturated heterocycles. The summed E-state index contributed by atoms with van der Waals surface area (Å²) < 4.78 is 6.79. The lowest BCUT2D eigenvalue weighted by molar-refractivity contribution is 0.388. The minimum Gasteiger partial charge on any atom is -0.382 e. The Hall–Kier alpha value is -2.57. The highest BCUT2D eigenvalue weighted by molar-refractivity contribution is 5.64. The van der Waals surface area contributed by atoms with Gasteiger partial charge in [-0.05, 0) is 0 Å². The number of hydrogen-bond donors (Lipinski definition) is 2. The zero-order valence-corrected chi connectivity index (χ0v) is 8.87. The minimum atomic E-state index is 0.426. The Bertz CT molecular complexity index is 629. The lowest BCUT2D eigenvalue weighted by Crippen LogP contribution is -2.05. The molecule has 0 amide bonds. The van der Waals surface area contributed by atoms with Gasteiger partial charge in [-0.2, -0.15) is 0 Å². The van der Waals surface area contributed by atoms with Crippen LogP contribution in [-0.4, -0.2) is 19.5 Å². The molecular formula is C10H10N6O. The third-order valence-corrected chi connectivity index (χ3v) is 2.31. The van der Waals surface area contributed by atoms with Crippen LogP contribution in [-0.2, 0) is 6.54 Å². The van der Waals surface area contributed by atoms with E-state index in [0.29, 0.717) is 18.2 Å². The van der Waals surface area contributed by atoms with Crippen LogP contribution < -0.4 is 11.1 Å². The van der Waals surface area contributed by atoms with Crippen molar-refractivity contribution in [1.29, 1.82) is 0 Å². The summed E-state index contributed by atoms with van der Waals surface area (Å²) >= 11 is 0. The van der Waals surface area contributed by atoms with Crippen LogP contribution in [0.1, 0.15) is 5.76 Å². The molecule has 0 spiro atoms. The molecule has 0 aromatic carbocycles. The van der Waals surface area contributed by atoms with Crippen LogP contribution in [0.5, 0.6) is 0 Å². The summed E-state index contributed by atoms with van der Waals surface area (Å²) in [6, 6.07) is 1.78. The molecule has 3 aromatic rings. The summed E-state index contributed by atoms with van der Waals surface area (Å²) in [6.45, 7) is 0.485. The largest absolute Gasteiger partial charge is 0.382 e. The van der Waals surface area contributed by atoms with Crippen molar-refractivity contribution in [2.24, 2.45) is 0 Å². The standard InChI is InChI=1S/C10H10N6O/c11-8-6-16-4-3-12-10(16)9(15-8)13-5-7-1-2-14-17-7/h1-4,6H,5,11H2,(H,13,15). The lowest BCUT2D eigenvalue weighted by Gasteiger charge is -2.05. The average Bonchev–Trinajstić information content (AvgIpc) is 2.95. The Kier molecular flexibility index (Phi) is 2.14. The summed E-state index contributed by atoms with van der Waals surface area (Å²) in [6.07, 6.45) is 6.81. The van der Waals surface area contributed by atoms with Gasteiger partial charge >= 0.3 is 0 Å². The lowest BCUT2D eigenvalue weighted by atomic mass is 10.4. The van der Waals surface area contributed by atoms with Crippen molar-refractivity contribution in [2.75, 3.05) is 11.1 Å². The number of nitrogen functional groups attached to an aromatic ring is 1. The number of rotatable bonds is 3. The van der Waals surface area contributed by atoms with Gasteiger partial charge in [0, 0.05) is 18.5 Å². The Morgan fingerprint density at radius 2 is 2.35 bits per heavy atom. The number of imidazole rings is 1. The molecule has 17 heavy (non-hydrogen) atoms. The number of nitrogens with two attached hydrogens (primary N) is 1. The number of anilines is 2. The monoisotopic (exact) mass is 230 g/mol. The molecule has 0 aliphatic rings. The molecule has 7 nitrogen and oxygen atoms in total. The van der Waals surface area contributed by atoms with E-state index in [1.807, 2.05) is 10.6 Å². The van der Waals surface area contributed by atoms with Crippen LogP contribution in [0.15, 0.2) is 35.4 Å². The second-order valence-corrected chi connectivity index (χ2v) is 3.50. The van der Waals surface area contributed by atoms with Gasteiger partial charge in [-0.15, -0.1) is 0 Å². The van der Waals surface area contributed by atoms with E-state index in [1.165, 1.54) is 0 Å². The zero-order valence-electron chi connectivity index (χ0n) is 8.87. The SMILES string of the molecule is Nc1cn2ccnc2c(NCc2ccno2)n1. The smallest absolute Gasteiger partial charge is 0.180 e. The third kappa shape index (κ3) is 1.78. The average molecular weight is 230 g/mol. The van der Waals surface area contributed by atoms with Crippen molar-refractivity contribution in [3.05, 3.63) is 36.6 Å². The molecular weight excluding hydrogens is 220 g/mol. The number of nitrogens with zero attached hydrogens (tertiary/aromatic N) is 4. The van der Waals surface area contributed by atoms with E-state index < -0.39 is 0 Å². The van der Waals surface area contributed by atoms with E-state index in [2.05, 4.69) is 20.4 Å². The van der Waals surface area contributed by atoms with Gasteiger partial charge in [0.1, 0.15) is 5.82 Å². The van der Waals surface area contributed by atoms with Gasteiger partial charge in [-0.25, -0.2) is 9.97 Å². The molecule has 7 heteroatoms. The van der Waals surface area contributed by atoms with Gasteiger partial charge in [-0.3, -0.25) is 0 Å². The van der Waals surface area contributed by atoms with Crippen LogP contribution >= 0.6 is 0 Å².